The fraction of sp³-hybridized carbons (Fsp3) is 0.360. The summed E-state index contributed by atoms with van der Waals surface area (Å²) in [6, 6.07) is 10.1. The molecule has 2 N–H and O–H groups in total. The van der Waals surface area contributed by atoms with Gasteiger partial charge in [0, 0.05) is 30.9 Å². The number of aryl methyl sites for hydroxylation is 3. The smallest absolute Gasteiger partial charge is 0.262 e. The van der Waals surface area contributed by atoms with Crippen LogP contribution in [-0.2, 0) is 14.8 Å². The normalized spacial score (nSPS) is 16.2. The van der Waals surface area contributed by atoms with E-state index < -0.39 is 10.0 Å². The number of anilines is 1. The van der Waals surface area contributed by atoms with Gasteiger partial charge in [0.25, 0.3) is 15.9 Å². The Bertz CT molecular complexity index is 1130. The minimum atomic E-state index is -3.77. The maximum Gasteiger partial charge on any atom is 0.262 e. The summed E-state index contributed by atoms with van der Waals surface area (Å²) in [5.41, 5.74) is 3.20. The summed E-state index contributed by atoms with van der Waals surface area (Å²) in [6.07, 6.45) is 3.12. The van der Waals surface area contributed by atoms with E-state index in [0.29, 0.717) is 42.0 Å². The van der Waals surface area contributed by atoms with Gasteiger partial charge < -0.3 is 10.2 Å². The molecule has 176 valence electrons. The third-order valence-electron chi connectivity index (χ3n) is 5.76. The van der Waals surface area contributed by atoms with Crippen LogP contribution >= 0.6 is 0 Å². The van der Waals surface area contributed by atoms with Crippen molar-refractivity contribution in [2.45, 2.75) is 38.5 Å². The quantitative estimate of drug-likeness (QED) is 0.606. The molecule has 0 unspecified atom stereocenters. The second-order valence-corrected chi connectivity index (χ2v) is 10.2. The molecule has 1 atom stereocenters. The summed E-state index contributed by atoms with van der Waals surface area (Å²) in [5.74, 6) is -0.482. The number of amides is 2. The van der Waals surface area contributed by atoms with Crippen molar-refractivity contribution >= 4 is 27.5 Å². The minimum Gasteiger partial charge on any atom is -0.352 e. The molecule has 1 aliphatic heterocycles. The van der Waals surface area contributed by atoms with Crippen molar-refractivity contribution in [1.82, 2.24) is 10.2 Å². The fourth-order valence-electron chi connectivity index (χ4n) is 4.35. The lowest BCUT2D eigenvalue weighted by molar-refractivity contribution is -0.126. The monoisotopic (exact) mass is 469 g/mol. The number of likely N-dealkylation sites (tertiary alicyclic amines) is 1. The lowest BCUT2D eigenvalue weighted by Gasteiger charge is -2.32. The molecule has 0 aliphatic carbocycles. The Kier molecular flexibility index (Phi) is 7.58. The van der Waals surface area contributed by atoms with Crippen LogP contribution in [-0.4, -0.2) is 44.8 Å². The molecule has 2 aromatic carbocycles. The van der Waals surface area contributed by atoms with Crippen LogP contribution in [0.15, 0.2) is 53.9 Å². The average Bonchev–Trinajstić information content (AvgIpc) is 2.76. The molecule has 0 saturated carbocycles. The van der Waals surface area contributed by atoms with Gasteiger partial charge in [0.05, 0.1) is 10.8 Å². The Morgan fingerprint density at radius 2 is 1.76 bits per heavy atom. The Labute approximate surface area is 195 Å². The maximum absolute atomic E-state index is 13.0. The van der Waals surface area contributed by atoms with Crippen molar-refractivity contribution in [2.75, 3.05) is 24.4 Å². The first-order valence-corrected chi connectivity index (χ1v) is 12.5. The highest BCUT2D eigenvalue weighted by Gasteiger charge is 2.28. The Morgan fingerprint density at radius 3 is 2.36 bits per heavy atom. The van der Waals surface area contributed by atoms with Crippen molar-refractivity contribution in [1.29, 1.82) is 0 Å². The molecule has 0 aromatic heterocycles. The summed E-state index contributed by atoms with van der Waals surface area (Å²) < 4.78 is 28.5. The van der Waals surface area contributed by atoms with Gasteiger partial charge in [0.2, 0.25) is 5.91 Å². The molecule has 1 fully saturated rings. The molecule has 33 heavy (non-hydrogen) atoms. The van der Waals surface area contributed by atoms with Crippen molar-refractivity contribution in [3.05, 3.63) is 71.3 Å². The van der Waals surface area contributed by atoms with E-state index in [1.54, 1.807) is 49.1 Å². The zero-order valence-electron chi connectivity index (χ0n) is 19.3. The lowest BCUT2D eigenvalue weighted by atomic mass is 9.96. The summed E-state index contributed by atoms with van der Waals surface area (Å²) in [4.78, 5) is 27.2. The van der Waals surface area contributed by atoms with Crippen LogP contribution in [0.2, 0.25) is 0 Å². The van der Waals surface area contributed by atoms with E-state index in [9.17, 15) is 18.0 Å². The number of nitrogens with zero attached hydrogens (tertiary/aromatic N) is 1. The molecular weight excluding hydrogens is 438 g/mol. The van der Waals surface area contributed by atoms with E-state index in [0.717, 1.165) is 18.4 Å². The molecule has 1 saturated heterocycles. The van der Waals surface area contributed by atoms with Gasteiger partial charge in [-0.05, 0) is 69.0 Å². The Hall–Kier alpha value is -3.13. The highest BCUT2D eigenvalue weighted by atomic mass is 32.2. The average molecular weight is 470 g/mol. The van der Waals surface area contributed by atoms with Gasteiger partial charge in [-0.1, -0.05) is 23.8 Å². The molecule has 0 radical (unpaired) electrons. The summed E-state index contributed by atoms with van der Waals surface area (Å²) in [6.45, 7) is 10.4. The van der Waals surface area contributed by atoms with E-state index in [1.165, 1.54) is 0 Å². The highest BCUT2D eigenvalue weighted by Crippen LogP contribution is 2.25. The zero-order chi connectivity index (χ0) is 24.2. The Balaban J connectivity index is 1.70. The van der Waals surface area contributed by atoms with E-state index >= 15 is 0 Å². The first-order valence-electron chi connectivity index (χ1n) is 11.0. The third kappa shape index (κ3) is 5.82. The molecule has 0 bridgehead atoms. The first kappa shape index (κ1) is 24.5. The maximum atomic E-state index is 13.0. The van der Waals surface area contributed by atoms with Gasteiger partial charge in [0.1, 0.15) is 0 Å². The fourth-order valence-corrected chi connectivity index (χ4v) is 5.87. The largest absolute Gasteiger partial charge is 0.352 e. The predicted octanol–water partition coefficient (Wildman–Crippen LogP) is 3.57. The van der Waals surface area contributed by atoms with E-state index in [2.05, 4.69) is 16.6 Å². The van der Waals surface area contributed by atoms with Crippen LogP contribution in [0.4, 0.5) is 5.69 Å². The number of benzene rings is 2. The number of hydrogen-bond donors (Lipinski definition) is 2. The van der Waals surface area contributed by atoms with Gasteiger partial charge in [0.15, 0.2) is 0 Å². The van der Waals surface area contributed by atoms with Gasteiger partial charge >= 0.3 is 0 Å². The third-order valence-corrected chi connectivity index (χ3v) is 7.44. The van der Waals surface area contributed by atoms with Crippen LogP contribution in [0.1, 0.15) is 39.9 Å². The summed E-state index contributed by atoms with van der Waals surface area (Å²) in [7, 11) is -3.77. The zero-order valence-corrected chi connectivity index (χ0v) is 20.2. The number of carbonyl (C=O) groups is 2. The van der Waals surface area contributed by atoms with E-state index in [4.69, 9.17) is 0 Å². The van der Waals surface area contributed by atoms with Crippen molar-refractivity contribution in [2.24, 2.45) is 5.92 Å². The number of carbonyl (C=O) groups excluding carboxylic acids is 2. The first-order chi connectivity index (χ1) is 15.6. The highest BCUT2D eigenvalue weighted by molar-refractivity contribution is 7.92. The second kappa shape index (κ2) is 10.2. The SMILES string of the molecule is C=CCNC(=O)[C@H]1CCCN(C(=O)c2ccc(NS(=O)(=O)c3c(C)cc(C)cc3C)cc2)C1. The van der Waals surface area contributed by atoms with Crippen LogP contribution in [0.3, 0.4) is 0 Å². The molecule has 2 aromatic rings. The number of rotatable bonds is 7. The lowest BCUT2D eigenvalue weighted by Crippen LogP contribution is -2.45. The number of nitrogens with one attached hydrogen (secondary N) is 2. The van der Waals surface area contributed by atoms with Gasteiger partial charge in [-0.25, -0.2) is 8.42 Å². The van der Waals surface area contributed by atoms with E-state index in [1.807, 2.05) is 19.1 Å². The minimum absolute atomic E-state index is 0.0705. The van der Waals surface area contributed by atoms with Crippen LogP contribution < -0.4 is 10.0 Å². The van der Waals surface area contributed by atoms with Crippen LogP contribution in [0, 0.1) is 26.7 Å². The molecule has 3 rings (SSSR count). The van der Waals surface area contributed by atoms with E-state index in [-0.39, 0.29) is 22.6 Å². The second-order valence-electron chi connectivity index (χ2n) is 8.53. The van der Waals surface area contributed by atoms with Crippen LogP contribution in [0.5, 0.6) is 0 Å². The summed E-state index contributed by atoms with van der Waals surface area (Å²) in [5, 5.41) is 2.79. The molecule has 0 spiro atoms. The van der Waals surface area contributed by atoms with Crippen molar-refractivity contribution in [3.8, 4) is 0 Å². The molecular formula is C25H31N3O4S. The number of piperidine rings is 1. The topological polar surface area (TPSA) is 95.6 Å². The number of sulfonamides is 1. The summed E-state index contributed by atoms with van der Waals surface area (Å²) >= 11 is 0. The predicted molar refractivity (Wildman–Crippen MR) is 130 cm³/mol. The molecule has 7 nitrogen and oxygen atoms in total. The number of hydrogen-bond acceptors (Lipinski definition) is 4. The standard InChI is InChI=1S/C25H31N3O4S/c1-5-12-26-24(29)21-7-6-13-28(16-21)25(30)20-8-10-22(11-9-20)27-33(31,32)23-18(3)14-17(2)15-19(23)4/h5,8-11,14-15,21,27H,1,6-7,12-13,16H2,2-4H3,(H,26,29)/t21-/m0/s1. The van der Waals surface area contributed by atoms with Crippen LogP contribution in [0.25, 0.3) is 0 Å². The molecule has 1 heterocycles. The van der Waals surface area contributed by atoms with Gasteiger partial charge in [-0.15, -0.1) is 6.58 Å². The van der Waals surface area contributed by atoms with Crippen molar-refractivity contribution in [3.63, 3.8) is 0 Å². The molecule has 2 amide bonds. The Morgan fingerprint density at radius 1 is 1.12 bits per heavy atom. The van der Waals surface area contributed by atoms with Gasteiger partial charge in [-0.3, -0.25) is 14.3 Å². The molecule has 1 aliphatic rings. The van der Waals surface area contributed by atoms with Crippen molar-refractivity contribution < 1.29 is 18.0 Å². The molecule has 8 heteroatoms. The van der Waals surface area contributed by atoms with Gasteiger partial charge in [-0.2, -0.15) is 0 Å².